The zero-order chi connectivity index (χ0) is 16.1. The Balaban J connectivity index is 2.30. The summed E-state index contributed by atoms with van der Waals surface area (Å²) in [7, 11) is 0. The Morgan fingerprint density at radius 2 is 2.14 bits per heavy atom. The van der Waals surface area contributed by atoms with E-state index in [0.717, 1.165) is 12.0 Å². The van der Waals surface area contributed by atoms with Crippen LogP contribution < -0.4 is 0 Å². The summed E-state index contributed by atoms with van der Waals surface area (Å²) >= 11 is 1.59. The zero-order valence-electron chi connectivity index (χ0n) is 12.6. The Labute approximate surface area is 133 Å². The number of nitro groups is 1. The van der Waals surface area contributed by atoms with Crippen molar-refractivity contribution < 1.29 is 9.72 Å². The van der Waals surface area contributed by atoms with E-state index in [9.17, 15) is 14.9 Å². The first kappa shape index (κ1) is 16.2. The van der Waals surface area contributed by atoms with Gasteiger partial charge in [0, 0.05) is 30.3 Å². The van der Waals surface area contributed by atoms with Crippen molar-refractivity contribution in [3.8, 4) is 0 Å². The summed E-state index contributed by atoms with van der Waals surface area (Å²) in [6, 6.07) is 6.63. The van der Waals surface area contributed by atoms with Gasteiger partial charge in [0.2, 0.25) is 0 Å². The monoisotopic (exact) mass is 318 g/mol. The van der Waals surface area contributed by atoms with E-state index in [0.29, 0.717) is 24.2 Å². The summed E-state index contributed by atoms with van der Waals surface area (Å²) in [6.45, 7) is 4.78. The molecule has 1 amide bonds. The van der Waals surface area contributed by atoms with E-state index in [1.807, 2.05) is 23.8 Å². The topological polar surface area (TPSA) is 63.5 Å². The number of rotatable bonds is 6. The number of hydrogen-bond acceptors (Lipinski definition) is 4. The number of benzene rings is 1. The number of amides is 1. The molecule has 0 spiro atoms. The molecule has 2 rings (SSSR count). The van der Waals surface area contributed by atoms with Crippen LogP contribution in [0.25, 0.3) is 0 Å². The number of nitrogens with zero attached hydrogens (tertiary/aromatic N) is 2. The fourth-order valence-electron chi connectivity index (χ4n) is 2.35. The molecule has 0 N–H and O–H groups in total. The van der Waals surface area contributed by atoms with Gasteiger partial charge in [-0.2, -0.15) is 11.3 Å². The first-order valence-electron chi connectivity index (χ1n) is 7.09. The van der Waals surface area contributed by atoms with E-state index in [1.165, 1.54) is 6.07 Å². The molecule has 116 valence electrons. The average Bonchev–Trinajstić information content (AvgIpc) is 2.99. The molecule has 6 heteroatoms. The maximum atomic E-state index is 12.8. The molecule has 1 heterocycles. The van der Waals surface area contributed by atoms with Crippen molar-refractivity contribution in [1.29, 1.82) is 0 Å². The Hall–Kier alpha value is -2.21. The normalized spacial score (nSPS) is 10.5. The maximum absolute atomic E-state index is 12.8. The lowest BCUT2D eigenvalue weighted by Gasteiger charge is -2.22. The summed E-state index contributed by atoms with van der Waals surface area (Å²) in [5.74, 6) is -0.158. The molecule has 0 fully saturated rings. The predicted molar refractivity (Wildman–Crippen MR) is 87.2 cm³/mol. The van der Waals surface area contributed by atoms with Crippen LogP contribution in [0.1, 0.15) is 34.8 Å². The van der Waals surface area contributed by atoms with E-state index >= 15 is 0 Å². The van der Waals surface area contributed by atoms with Crippen molar-refractivity contribution in [3.05, 3.63) is 61.8 Å². The van der Waals surface area contributed by atoms with Crippen molar-refractivity contribution in [2.75, 3.05) is 6.54 Å². The second-order valence-electron chi connectivity index (χ2n) is 5.07. The minimum atomic E-state index is -0.449. The van der Waals surface area contributed by atoms with Crippen molar-refractivity contribution >= 4 is 22.9 Å². The Kier molecular flexibility index (Phi) is 5.27. The molecule has 0 saturated carbocycles. The number of carbonyl (C=O) groups excluding carboxylic acids is 1. The van der Waals surface area contributed by atoms with Gasteiger partial charge in [-0.05, 0) is 41.8 Å². The minimum absolute atomic E-state index is 0.0159. The molecule has 0 aliphatic rings. The van der Waals surface area contributed by atoms with Crippen LogP contribution in [0.4, 0.5) is 5.69 Å². The van der Waals surface area contributed by atoms with Crippen molar-refractivity contribution in [2.45, 2.75) is 26.8 Å². The van der Waals surface area contributed by atoms with Gasteiger partial charge in [0.25, 0.3) is 11.6 Å². The predicted octanol–water partition coefficient (Wildman–Crippen LogP) is 4.02. The van der Waals surface area contributed by atoms with Crippen LogP contribution in [0.2, 0.25) is 0 Å². The third-order valence-electron chi connectivity index (χ3n) is 3.47. The first-order valence-corrected chi connectivity index (χ1v) is 8.03. The van der Waals surface area contributed by atoms with Crippen LogP contribution in [0.3, 0.4) is 0 Å². The molecule has 0 aliphatic carbocycles. The van der Waals surface area contributed by atoms with E-state index in [2.05, 4.69) is 0 Å². The number of carbonyl (C=O) groups is 1. The fraction of sp³-hybridized carbons (Fsp3) is 0.312. The van der Waals surface area contributed by atoms with E-state index in [4.69, 9.17) is 0 Å². The van der Waals surface area contributed by atoms with E-state index in [-0.39, 0.29) is 11.6 Å². The lowest BCUT2D eigenvalue weighted by atomic mass is 10.1. The SMILES string of the molecule is CCCN(Cc1ccsc1)C(=O)c1cccc([N+](=O)[O-])c1C. The fourth-order valence-corrected chi connectivity index (χ4v) is 3.01. The second-order valence-corrected chi connectivity index (χ2v) is 5.85. The number of nitro benzene ring substituents is 1. The van der Waals surface area contributed by atoms with Gasteiger partial charge in [-0.3, -0.25) is 14.9 Å². The smallest absolute Gasteiger partial charge is 0.273 e. The van der Waals surface area contributed by atoms with Gasteiger partial charge < -0.3 is 4.90 Å². The summed E-state index contributed by atoms with van der Waals surface area (Å²) in [6.07, 6.45) is 0.837. The number of hydrogen-bond donors (Lipinski definition) is 0. The highest BCUT2D eigenvalue weighted by atomic mass is 32.1. The zero-order valence-corrected chi connectivity index (χ0v) is 13.4. The highest BCUT2D eigenvalue weighted by Crippen LogP contribution is 2.23. The van der Waals surface area contributed by atoms with Crippen LogP contribution >= 0.6 is 11.3 Å². The van der Waals surface area contributed by atoms with Crippen molar-refractivity contribution in [3.63, 3.8) is 0 Å². The van der Waals surface area contributed by atoms with Gasteiger partial charge in [0.05, 0.1) is 4.92 Å². The van der Waals surface area contributed by atoms with Gasteiger partial charge in [-0.25, -0.2) is 0 Å². The molecule has 0 aliphatic heterocycles. The third-order valence-corrected chi connectivity index (χ3v) is 4.20. The summed E-state index contributed by atoms with van der Waals surface area (Å²) < 4.78 is 0. The molecule has 2 aromatic rings. The molecule has 0 unspecified atom stereocenters. The van der Waals surface area contributed by atoms with Crippen molar-refractivity contribution in [1.82, 2.24) is 4.90 Å². The van der Waals surface area contributed by atoms with Gasteiger partial charge in [-0.1, -0.05) is 13.0 Å². The lowest BCUT2D eigenvalue weighted by molar-refractivity contribution is -0.385. The average molecular weight is 318 g/mol. The largest absolute Gasteiger partial charge is 0.334 e. The second kappa shape index (κ2) is 7.17. The Bertz CT molecular complexity index is 668. The molecule has 0 radical (unpaired) electrons. The highest BCUT2D eigenvalue weighted by molar-refractivity contribution is 7.07. The molecular weight excluding hydrogens is 300 g/mol. The number of thiophene rings is 1. The minimum Gasteiger partial charge on any atom is -0.334 e. The van der Waals surface area contributed by atoms with Crippen LogP contribution in [0.5, 0.6) is 0 Å². The van der Waals surface area contributed by atoms with Crippen LogP contribution in [0.15, 0.2) is 35.0 Å². The third kappa shape index (κ3) is 3.51. The molecule has 0 saturated heterocycles. The molecular formula is C16H18N2O3S. The van der Waals surface area contributed by atoms with Gasteiger partial charge in [-0.15, -0.1) is 0 Å². The summed E-state index contributed by atoms with van der Waals surface area (Å²) in [5, 5.41) is 15.0. The summed E-state index contributed by atoms with van der Waals surface area (Å²) in [4.78, 5) is 25.1. The molecule has 5 nitrogen and oxygen atoms in total. The Morgan fingerprint density at radius 3 is 2.73 bits per heavy atom. The maximum Gasteiger partial charge on any atom is 0.273 e. The van der Waals surface area contributed by atoms with E-state index < -0.39 is 4.92 Å². The van der Waals surface area contributed by atoms with Crippen molar-refractivity contribution in [2.24, 2.45) is 0 Å². The van der Waals surface area contributed by atoms with Crippen LogP contribution in [-0.2, 0) is 6.54 Å². The Morgan fingerprint density at radius 1 is 1.36 bits per heavy atom. The lowest BCUT2D eigenvalue weighted by Crippen LogP contribution is -2.31. The standard InChI is InChI=1S/C16H18N2O3S/c1-3-8-17(10-13-7-9-22-11-13)16(19)14-5-4-6-15(12(14)2)18(20)21/h4-7,9,11H,3,8,10H2,1-2H3. The highest BCUT2D eigenvalue weighted by Gasteiger charge is 2.22. The molecule has 0 atom stereocenters. The summed E-state index contributed by atoms with van der Waals surface area (Å²) in [5.41, 5.74) is 1.88. The molecule has 0 bridgehead atoms. The van der Waals surface area contributed by atoms with Gasteiger partial charge in [0.15, 0.2) is 0 Å². The molecule has 1 aromatic heterocycles. The molecule has 1 aromatic carbocycles. The molecule has 22 heavy (non-hydrogen) atoms. The van der Waals surface area contributed by atoms with Crippen LogP contribution in [0, 0.1) is 17.0 Å². The first-order chi connectivity index (χ1) is 10.5. The van der Waals surface area contributed by atoms with E-state index in [1.54, 1.807) is 35.3 Å². The van der Waals surface area contributed by atoms with Gasteiger partial charge >= 0.3 is 0 Å². The quantitative estimate of drug-likeness (QED) is 0.597. The van der Waals surface area contributed by atoms with Gasteiger partial charge in [0.1, 0.15) is 0 Å². The van der Waals surface area contributed by atoms with Crippen LogP contribution in [-0.4, -0.2) is 22.3 Å².